The van der Waals surface area contributed by atoms with Crippen LogP contribution in [0.15, 0.2) is 66.1 Å². The van der Waals surface area contributed by atoms with Crippen LogP contribution in [-0.2, 0) is 5.75 Å². The molecule has 0 N–H and O–H groups in total. The Morgan fingerprint density at radius 3 is 2.85 bits per heavy atom. The average Bonchev–Trinajstić information content (AvgIpc) is 3.18. The molecule has 0 unspecified atom stereocenters. The number of ether oxygens (including phenoxy) is 1. The third-order valence-electron chi connectivity index (χ3n) is 4.42. The quantitative estimate of drug-likeness (QED) is 0.407. The van der Waals surface area contributed by atoms with Crippen LogP contribution in [-0.4, -0.2) is 21.6 Å². The minimum atomic E-state index is 0.644. The molecule has 0 aliphatic heterocycles. The van der Waals surface area contributed by atoms with Gasteiger partial charge in [-0.3, -0.25) is 9.55 Å². The minimum Gasteiger partial charge on any atom is -0.497 e. The van der Waals surface area contributed by atoms with Gasteiger partial charge < -0.3 is 4.74 Å². The van der Waals surface area contributed by atoms with Gasteiger partial charge in [-0.1, -0.05) is 47.6 Å². The number of halogens is 1. The van der Waals surface area contributed by atoms with Gasteiger partial charge in [0.15, 0.2) is 5.16 Å². The van der Waals surface area contributed by atoms with Crippen molar-refractivity contribution in [2.75, 3.05) is 7.11 Å². The Morgan fingerprint density at radius 1 is 1.15 bits per heavy atom. The number of thioether (sulfide) groups is 1. The lowest BCUT2D eigenvalue weighted by Gasteiger charge is -2.11. The van der Waals surface area contributed by atoms with Gasteiger partial charge in [-0.05, 0) is 30.7 Å². The Kier molecular flexibility index (Phi) is 5.05. The molecule has 0 bridgehead atoms. The predicted molar refractivity (Wildman–Crippen MR) is 111 cm³/mol. The van der Waals surface area contributed by atoms with Crippen LogP contribution in [0.2, 0.25) is 5.02 Å². The van der Waals surface area contributed by atoms with Crippen LogP contribution in [0.1, 0.15) is 11.3 Å². The minimum absolute atomic E-state index is 0.644. The molecule has 6 heteroatoms. The van der Waals surface area contributed by atoms with Crippen molar-refractivity contribution in [2.45, 2.75) is 17.8 Å². The summed E-state index contributed by atoms with van der Waals surface area (Å²) in [5, 5.41) is 2.70. The highest BCUT2D eigenvalue weighted by molar-refractivity contribution is 7.98. The van der Waals surface area contributed by atoms with Gasteiger partial charge in [0.05, 0.1) is 29.0 Å². The fourth-order valence-electron chi connectivity index (χ4n) is 3.00. The van der Waals surface area contributed by atoms with Crippen LogP contribution < -0.4 is 4.74 Å². The van der Waals surface area contributed by atoms with E-state index in [0.29, 0.717) is 5.75 Å². The van der Waals surface area contributed by atoms with Gasteiger partial charge in [0.2, 0.25) is 0 Å². The van der Waals surface area contributed by atoms with Gasteiger partial charge >= 0.3 is 0 Å². The number of methoxy groups -OCH3 is 1. The molecule has 0 aliphatic carbocycles. The summed E-state index contributed by atoms with van der Waals surface area (Å²) in [6.07, 6.45) is 3.74. The molecule has 0 saturated carbocycles. The lowest BCUT2D eigenvalue weighted by atomic mass is 10.1. The first-order valence-electron chi connectivity index (χ1n) is 8.51. The molecule has 0 radical (unpaired) electrons. The van der Waals surface area contributed by atoms with E-state index in [1.54, 1.807) is 25.1 Å². The summed E-state index contributed by atoms with van der Waals surface area (Å²) in [6.45, 7) is 2.04. The van der Waals surface area contributed by atoms with Crippen LogP contribution in [0, 0.1) is 6.92 Å². The summed E-state index contributed by atoms with van der Waals surface area (Å²) in [5.74, 6) is 1.46. The lowest BCUT2D eigenvalue weighted by molar-refractivity contribution is 0.414. The molecule has 0 saturated heterocycles. The van der Waals surface area contributed by atoms with E-state index in [2.05, 4.69) is 11.1 Å². The van der Waals surface area contributed by atoms with Crippen molar-refractivity contribution in [3.8, 4) is 11.4 Å². The number of imidazole rings is 1. The Bertz CT molecular complexity index is 1110. The molecule has 0 aliphatic rings. The van der Waals surface area contributed by atoms with Gasteiger partial charge in [0, 0.05) is 29.6 Å². The Labute approximate surface area is 167 Å². The maximum Gasteiger partial charge on any atom is 0.172 e. The number of hydrogen-bond acceptors (Lipinski definition) is 4. The molecular formula is C21H18ClN3OS. The first-order valence-corrected chi connectivity index (χ1v) is 9.88. The number of nitrogens with zero attached hydrogens (tertiary/aromatic N) is 3. The zero-order valence-electron chi connectivity index (χ0n) is 15.0. The maximum absolute atomic E-state index is 6.59. The van der Waals surface area contributed by atoms with E-state index in [9.17, 15) is 0 Å². The summed E-state index contributed by atoms with van der Waals surface area (Å²) in [6, 6.07) is 16.0. The monoisotopic (exact) mass is 395 g/mol. The molecule has 4 nitrogen and oxygen atoms in total. The van der Waals surface area contributed by atoms with Crippen LogP contribution >= 0.6 is 23.4 Å². The summed E-state index contributed by atoms with van der Waals surface area (Å²) in [7, 11) is 1.67. The molecule has 0 fully saturated rings. The third kappa shape index (κ3) is 3.53. The molecule has 0 atom stereocenters. The van der Waals surface area contributed by atoms with Crippen molar-refractivity contribution in [1.29, 1.82) is 0 Å². The zero-order valence-corrected chi connectivity index (χ0v) is 16.6. The maximum atomic E-state index is 6.59. The molecule has 2 aromatic carbocycles. The number of para-hydroxylation sites is 1. The molecule has 27 heavy (non-hydrogen) atoms. The predicted octanol–water partition coefficient (Wildman–Crippen LogP) is 5.68. The number of aromatic nitrogens is 3. The number of aryl methyl sites for hydroxylation is 1. The van der Waals surface area contributed by atoms with E-state index in [1.165, 1.54) is 0 Å². The fourth-order valence-corrected chi connectivity index (χ4v) is 4.20. The van der Waals surface area contributed by atoms with Gasteiger partial charge in [-0.25, -0.2) is 4.98 Å². The van der Waals surface area contributed by atoms with E-state index in [1.807, 2.05) is 60.2 Å². The molecule has 136 valence electrons. The summed E-state index contributed by atoms with van der Waals surface area (Å²) in [5.41, 5.74) is 3.90. The highest BCUT2D eigenvalue weighted by Gasteiger charge is 2.13. The number of rotatable bonds is 5. The standard InChI is InChI=1S/C21H18ClN3OS/c1-14-17-8-3-4-9-18(17)24-19(20(14)22)13-27-21-23-10-11-25(21)15-6-5-7-16(12-15)26-2/h3-12H,13H2,1-2H3. The smallest absolute Gasteiger partial charge is 0.172 e. The molecule has 4 aromatic rings. The second-order valence-corrected chi connectivity index (χ2v) is 7.41. The lowest BCUT2D eigenvalue weighted by Crippen LogP contribution is -1.98. The molecule has 2 aromatic heterocycles. The summed E-state index contributed by atoms with van der Waals surface area (Å²) < 4.78 is 7.36. The number of benzene rings is 2. The van der Waals surface area contributed by atoms with Crippen LogP contribution in [0.5, 0.6) is 5.75 Å². The van der Waals surface area contributed by atoms with Gasteiger partial charge in [-0.2, -0.15) is 0 Å². The average molecular weight is 396 g/mol. The second-order valence-electron chi connectivity index (χ2n) is 6.08. The van der Waals surface area contributed by atoms with Crippen molar-refractivity contribution in [3.63, 3.8) is 0 Å². The topological polar surface area (TPSA) is 39.9 Å². The normalized spacial score (nSPS) is 11.1. The van der Waals surface area contributed by atoms with E-state index < -0.39 is 0 Å². The molecule has 4 rings (SSSR count). The number of hydrogen-bond donors (Lipinski definition) is 0. The molecule has 0 spiro atoms. The highest BCUT2D eigenvalue weighted by Crippen LogP contribution is 2.31. The van der Waals surface area contributed by atoms with E-state index in [-0.39, 0.29) is 0 Å². The third-order valence-corrected chi connectivity index (χ3v) is 5.90. The van der Waals surface area contributed by atoms with E-state index in [0.717, 1.165) is 43.8 Å². The highest BCUT2D eigenvalue weighted by atomic mass is 35.5. The van der Waals surface area contributed by atoms with E-state index in [4.69, 9.17) is 21.3 Å². The van der Waals surface area contributed by atoms with Crippen molar-refractivity contribution in [3.05, 3.63) is 77.2 Å². The SMILES string of the molecule is COc1cccc(-n2ccnc2SCc2nc3ccccc3c(C)c2Cl)c1. The summed E-state index contributed by atoms with van der Waals surface area (Å²) in [4.78, 5) is 9.25. The first kappa shape index (κ1) is 17.9. The number of fused-ring (bicyclic) bond motifs is 1. The van der Waals surface area contributed by atoms with Gasteiger partial charge in [-0.15, -0.1) is 0 Å². The second kappa shape index (κ2) is 7.62. The Hall–Kier alpha value is -2.50. The largest absolute Gasteiger partial charge is 0.497 e. The number of pyridine rings is 1. The van der Waals surface area contributed by atoms with Crippen molar-refractivity contribution in [2.24, 2.45) is 0 Å². The van der Waals surface area contributed by atoms with Gasteiger partial charge in [0.1, 0.15) is 5.75 Å². The van der Waals surface area contributed by atoms with Crippen LogP contribution in [0.4, 0.5) is 0 Å². The summed E-state index contributed by atoms with van der Waals surface area (Å²) >= 11 is 8.20. The molecular weight excluding hydrogens is 378 g/mol. The van der Waals surface area contributed by atoms with Crippen molar-refractivity contribution in [1.82, 2.24) is 14.5 Å². The van der Waals surface area contributed by atoms with Crippen LogP contribution in [0.25, 0.3) is 16.6 Å². The van der Waals surface area contributed by atoms with Crippen molar-refractivity contribution >= 4 is 34.3 Å². The zero-order chi connectivity index (χ0) is 18.8. The fraction of sp³-hybridized carbons (Fsp3) is 0.143. The Morgan fingerprint density at radius 2 is 2.00 bits per heavy atom. The first-order chi connectivity index (χ1) is 13.2. The van der Waals surface area contributed by atoms with Crippen molar-refractivity contribution < 1.29 is 4.74 Å². The van der Waals surface area contributed by atoms with E-state index >= 15 is 0 Å². The molecule has 2 heterocycles. The van der Waals surface area contributed by atoms with Gasteiger partial charge in [0.25, 0.3) is 0 Å². The Balaban J connectivity index is 1.63. The molecule has 0 amide bonds. The van der Waals surface area contributed by atoms with Crippen LogP contribution in [0.3, 0.4) is 0 Å².